The van der Waals surface area contributed by atoms with Crippen molar-refractivity contribution in [2.24, 2.45) is 5.92 Å². The van der Waals surface area contributed by atoms with E-state index in [0.29, 0.717) is 18.9 Å². The van der Waals surface area contributed by atoms with Crippen LogP contribution in [0.3, 0.4) is 0 Å². The average molecular weight is 423 g/mol. The van der Waals surface area contributed by atoms with Crippen molar-refractivity contribution in [2.45, 2.75) is 85.7 Å². The molecule has 0 saturated carbocycles. The lowest BCUT2D eigenvalue weighted by molar-refractivity contribution is -0.120. The number of rotatable bonds is 14. The average Bonchev–Trinajstić information content (AvgIpc) is 2.62. The van der Waals surface area contributed by atoms with Gasteiger partial charge in [-0.3, -0.25) is 4.79 Å². The summed E-state index contributed by atoms with van der Waals surface area (Å²) in [6.07, 6.45) is 16.6. The normalized spacial score (nSPS) is 16.1. The molecule has 0 rings (SSSR count). The van der Waals surface area contributed by atoms with Crippen molar-refractivity contribution in [3.05, 3.63) is 47.1 Å². The van der Waals surface area contributed by atoms with E-state index in [4.69, 9.17) is 4.89 Å². The van der Waals surface area contributed by atoms with Crippen molar-refractivity contribution in [2.75, 3.05) is 6.54 Å². The Kier molecular flexibility index (Phi) is 15.5. The van der Waals surface area contributed by atoms with Crippen LogP contribution >= 0.6 is 8.03 Å². The van der Waals surface area contributed by atoms with Crippen LogP contribution in [0.2, 0.25) is 0 Å². The van der Waals surface area contributed by atoms with Crippen molar-refractivity contribution in [1.29, 1.82) is 0 Å². The van der Waals surface area contributed by atoms with E-state index >= 15 is 0 Å². The van der Waals surface area contributed by atoms with Gasteiger partial charge in [-0.15, -0.1) is 0 Å². The molecule has 2 N–H and O–H groups in total. The van der Waals surface area contributed by atoms with Crippen LogP contribution in [0.5, 0.6) is 0 Å². The SMILES string of the molecule is CC=CC(C)CC(C)=CCCC(C)=CCCC(C)=CCNC(=O)C(CC)[P+](=O)O. The third kappa shape index (κ3) is 14.2. The number of hydrogen-bond donors (Lipinski definition) is 2. The highest BCUT2D eigenvalue weighted by molar-refractivity contribution is 7.40. The second-order valence-corrected chi connectivity index (χ2v) is 9.14. The van der Waals surface area contributed by atoms with E-state index in [-0.39, 0.29) is 5.91 Å². The predicted molar refractivity (Wildman–Crippen MR) is 125 cm³/mol. The highest BCUT2D eigenvalue weighted by Gasteiger charge is 2.34. The van der Waals surface area contributed by atoms with Crippen molar-refractivity contribution in [1.82, 2.24) is 5.32 Å². The molecule has 0 saturated heterocycles. The maximum absolute atomic E-state index is 11.8. The van der Waals surface area contributed by atoms with Crippen molar-refractivity contribution < 1.29 is 14.3 Å². The van der Waals surface area contributed by atoms with Gasteiger partial charge in [0.15, 0.2) is 0 Å². The molecule has 0 spiro atoms. The molecule has 3 unspecified atom stereocenters. The second kappa shape index (κ2) is 16.3. The zero-order valence-corrected chi connectivity index (χ0v) is 20.1. The Morgan fingerprint density at radius 2 is 1.59 bits per heavy atom. The first-order valence-corrected chi connectivity index (χ1v) is 12.0. The molecule has 0 aromatic heterocycles. The summed E-state index contributed by atoms with van der Waals surface area (Å²) in [6, 6.07) is 0. The molecule has 0 fully saturated rings. The largest absolute Gasteiger partial charge is 0.518 e. The van der Waals surface area contributed by atoms with Gasteiger partial charge < -0.3 is 5.32 Å². The maximum atomic E-state index is 11.8. The highest BCUT2D eigenvalue weighted by atomic mass is 31.1. The Morgan fingerprint density at radius 1 is 1.03 bits per heavy atom. The molecular weight excluding hydrogens is 381 g/mol. The summed E-state index contributed by atoms with van der Waals surface area (Å²) in [7, 11) is -2.47. The van der Waals surface area contributed by atoms with Crippen molar-refractivity contribution in [3.63, 3.8) is 0 Å². The molecule has 1 amide bonds. The Balaban J connectivity index is 4.21. The molecule has 29 heavy (non-hydrogen) atoms. The molecule has 0 aromatic rings. The third-order valence-corrected chi connectivity index (χ3v) is 6.04. The summed E-state index contributed by atoms with van der Waals surface area (Å²) in [6.45, 7) is 12.9. The number of allylic oxidation sites excluding steroid dienone is 7. The standard InChI is InChI=1S/C24H40NO3P/c1-7-11-21(5)18-22(6)15-10-13-19(3)12-9-14-20(4)16-17-25-24(26)23(8-2)29(27)28/h7,11-12,15-16,21,23H,8-10,13-14,17-18H2,1-6H3,(H-,25,26,27,28)/p+1. The fourth-order valence-electron chi connectivity index (χ4n) is 3.17. The molecule has 0 aromatic carbocycles. The Labute approximate surface area is 179 Å². The zero-order valence-electron chi connectivity index (χ0n) is 19.2. The second-order valence-electron chi connectivity index (χ2n) is 7.91. The zero-order chi connectivity index (χ0) is 22.2. The summed E-state index contributed by atoms with van der Waals surface area (Å²) < 4.78 is 11.1. The van der Waals surface area contributed by atoms with Crippen LogP contribution in [0, 0.1) is 5.92 Å². The van der Waals surface area contributed by atoms with E-state index in [9.17, 15) is 9.36 Å². The van der Waals surface area contributed by atoms with E-state index < -0.39 is 13.7 Å². The quantitative estimate of drug-likeness (QED) is 0.244. The maximum Gasteiger partial charge on any atom is 0.518 e. The van der Waals surface area contributed by atoms with Gasteiger partial charge in [-0.25, -0.2) is 0 Å². The summed E-state index contributed by atoms with van der Waals surface area (Å²) >= 11 is 0. The molecule has 0 heterocycles. The topological polar surface area (TPSA) is 66.4 Å². The van der Waals surface area contributed by atoms with Crippen LogP contribution < -0.4 is 5.32 Å². The predicted octanol–water partition coefficient (Wildman–Crippen LogP) is 6.62. The van der Waals surface area contributed by atoms with E-state index in [1.54, 1.807) is 6.92 Å². The number of carbonyl (C=O) groups is 1. The molecule has 0 aliphatic heterocycles. The monoisotopic (exact) mass is 422 g/mol. The first-order valence-electron chi connectivity index (χ1n) is 10.7. The third-order valence-electron chi connectivity index (χ3n) is 4.91. The lowest BCUT2D eigenvalue weighted by Gasteiger charge is -2.07. The molecule has 0 aliphatic carbocycles. The van der Waals surface area contributed by atoms with Crippen molar-refractivity contribution >= 4 is 13.9 Å². The number of nitrogens with one attached hydrogen (secondary N) is 1. The summed E-state index contributed by atoms with van der Waals surface area (Å²) in [5.41, 5.74) is 3.27. The van der Waals surface area contributed by atoms with Gasteiger partial charge in [0, 0.05) is 13.0 Å². The van der Waals surface area contributed by atoms with Gasteiger partial charge in [0.1, 0.15) is 0 Å². The van der Waals surface area contributed by atoms with Crippen LogP contribution in [0.1, 0.15) is 80.1 Å². The molecule has 4 nitrogen and oxygen atoms in total. The Bertz CT molecular complexity index is 632. The lowest BCUT2D eigenvalue weighted by Crippen LogP contribution is -2.32. The number of hydrogen-bond acceptors (Lipinski definition) is 2. The van der Waals surface area contributed by atoms with E-state index in [1.807, 2.05) is 6.08 Å². The summed E-state index contributed by atoms with van der Waals surface area (Å²) in [5, 5.41) is 2.72. The molecular formula is C24H41NO3P+. The molecule has 3 atom stereocenters. The molecule has 5 heteroatoms. The highest BCUT2D eigenvalue weighted by Crippen LogP contribution is 2.25. The summed E-state index contributed by atoms with van der Waals surface area (Å²) in [5.74, 6) is 0.256. The van der Waals surface area contributed by atoms with Gasteiger partial charge in [0.05, 0.1) is 0 Å². The smallest absolute Gasteiger partial charge is 0.349 e. The fourth-order valence-corrected chi connectivity index (χ4v) is 3.77. The summed E-state index contributed by atoms with van der Waals surface area (Å²) in [4.78, 5) is 21.0. The van der Waals surface area contributed by atoms with Crippen LogP contribution in [0.25, 0.3) is 0 Å². The fraction of sp³-hybridized carbons (Fsp3) is 0.625. The van der Waals surface area contributed by atoms with Gasteiger partial charge in [-0.1, -0.05) is 60.9 Å². The van der Waals surface area contributed by atoms with Gasteiger partial charge in [-0.2, -0.15) is 4.89 Å². The van der Waals surface area contributed by atoms with Crippen LogP contribution in [-0.2, 0) is 9.36 Å². The van der Waals surface area contributed by atoms with Gasteiger partial charge in [0.25, 0.3) is 11.6 Å². The first kappa shape index (κ1) is 27.5. The van der Waals surface area contributed by atoms with E-state index in [1.165, 1.54) is 16.7 Å². The van der Waals surface area contributed by atoms with Gasteiger partial charge in [-0.05, 0) is 70.3 Å². The number of carbonyl (C=O) groups excluding carboxylic acids is 1. The van der Waals surface area contributed by atoms with Crippen LogP contribution in [-0.4, -0.2) is 23.0 Å². The molecule has 0 aliphatic rings. The molecule has 0 bridgehead atoms. The first-order chi connectivity index (χ1) is 13.7. The minimum atomic E-state index is -2.47. The van der Waals surface area contributed by atoms with Gasteiger partial charge >= 0.3 is 8.03 Å². The minimum Gasteiger partial charge on any atom is -0.349 e. The lowest BCUT2D eigenvalue weighted by atomic mass is 10.00. The van der Waals surface area contributed by atoms with Crippen LogP contribution in [0.15, 0.2) is 47.1 Å². The molecule has 164 valence electrons. The van der Waals surface area contributed by atoms with E-state index in [0.717, 1.165) is 32.1 Å². The Hall–Kier alpha value is -1.51. The minimum absolute atomic E-state index is 0.348. The van der Waals surface area contributed by atoms with E-state index in [2.05, 4.69) is 64.2 Å². The van der Waals surface area contributed by atoms with Gasteiger partial charge in [0.2, 0.25) is 0 Å². The number of amides is 1. The molecule has 0 radical (unpaired) electrons. The van der Waals surface area contributed by atoms with Crippen molar-refractivity contribution in [3.8, 4) is 0 Å². The van der Waals surface area contributed by atoms with Crippen LogP contribution in [0.4, 0.5) is 0 Å². The Morgan fingerprint density at radius 3 is 2.10 bits per heavy atom.